The first kappa shape index (κ1) is 19.9. The number of Topliss-reactive ketones (excluding diaryl/α,β-unsaturated/α-hetero) is 1. The van der Waals surface area contributed by atoms with Crippen LogP contribution in [0.2, 0.25) is 12.6 Å². The molecule has 0 aliphatic rings. The fourth-order valence-corrected chi connectivity index (χ4v) is 2.79. The van der Waals surface area contributed by atoms with E-state index < -0.39 is 9.04 Å². The molecule has 120 valence electrons. The highest BCUT2D eigenvalue weighted by atomic mass is 28.3. The Morgan fingerprint density at radius 1 is 1.19 bits per heavy atom. The Kier molecular flexibility index (Phi) is 8.52. The first-order valence-electron chi connectivity index (χ1n) is 7.15. The second-order valence-electron chi connectivity index (χ2n) is 6.14. The van der Waals surface area contributed by atoms with Gasteiger partial charge in [0, 0.05) is 18.1 Å². The van der Waals surface area contributed by atoms with Crippen molar-refractivity contribution in [2.75, 3.05) is 13.7 Å². The molecule has 0 N–H and O–H groups in total. The molecule has 1 aromatic carbocycles. The van der Waals surface area contributed by atoms with Gasteiger partial charge in [-0.15, -0.1) is 0 Å². The molecule has 0 bridgehead atoms. The van der Waals surface area contributed by atoms with Gasteiger partial charge in [-0.25, -0.2) is 0 Å². The highest BCUT2D eigenvalue weighted by molar-refractivity contribution is 6.50. The number of hydrogen-bond acceptors (Lipinski definition) is 3. The molecule has 0 saturated carbocycles. The molecule has 0 aromatic heterocycles. The molecule has 0 heterocycles. The highest BCUT2D eigenvalue weighted by Crippen LogP contribution is 2.22. The van der Waals surface area contributed by atoms with Crippen molar-refractivity contribution in [3.63, 3.8) is 0 Å². The largest absolute Gasteiger partial charge is 0.494 e. The zero-order chi connectivity index (χ0) is 15.2. The zero-order valence-corrected chi connectivity index (χ0v) is 14.4. The van der Waals surface area contributed by atoms with Crippen molar-refractivity contribution in [2.45, 2.75) is 47.2 Å². The lowest BCUT2D eigenvalue weighted by Crippen LogP contribution is -2.20. The van der Waals surface area contributed by atoms with Gasteiger partial charge in [-0.1, -0.05) is 28.2 Å². The molecule has 1 unspecified atom stereocenters. The van der Waals surface area contributed by atoms with Crippen molar-refractivity contribution in [3.8, 4) is 5.75 Å². The second kappa shape index (κ2) is 9.00. The van der Waals surface area contributed by atoms with Crippen LogP contribution in [0.5, 0.6) is 5.75 Å². The molecule has 1 rings (SSSR count). The van der Waals surface area contributed by atoms with E-state index >= 15 is 0 Å². The summed E-state index contributed by atoms with van der Waals surface area (Å²) in [4.78, 5) is 12.1. The number of hydrogen-bond donors (Lipinski definition) is 0. The molecule has 0 amide bonds. The molecule has 0 saturated heterocycles. The van der Waals surface area contributed by atoms with Gasteiger partial charge in [0.1, 0.15) is 5.75 Å². The molecular formula is C17H30O3Si. The number of rotatable bonds is 7. The number of ether oxygens (including phenoxy) is 1. The van der Waals surface area contributed by atoms with Gasteiger partial charge in [0.2, 0.25) is 0 Å². The molecule has 1 aromatic rings. The fraction of sp³-hybridized carbons (Fsp3) is 0.588. The Balaban J connectivity index is 0.00000400. The third kappa shape index (κ3) is 6.91. The highest BCUT2D eigenvalue weighted by Gasteiger charge is 2.22. The summed E-state index contributed by atoms with van der Waals surface area (Å²) in [5.41, 5.74) is 0.397. The van der Waals surface area contributed by atoms with Crippen LogP contribution in [0.4, 0.5) is 0 Å². The van der Waals surface area contributed by atoms with E-state index in [0.717, 1.165) is 23.8 Å². The lowest BCUT2D eigenvalue weighted by atomic mass is 9.86. The molecule has 0 aliphatic carbocycles. The Bertz CT molecular complexity index is 421. The Labute approximate surface area is 131 Å². The van der Waals surface area contributed by atoms with Crippen LogP contribution in [-0.2, 0) is 4.43 Å². The zero-order valence-electron chi connectivity index (χ0n) is 13.2. The van der Waals surface area contributed by atoms with Gasteiger partial charge in [0.05, 0.1) is 6.61 Å². The topological polar surface area (TPSA) is 35.5 Å². The van der Waals surface area contributed by atoms with E-state index in [9.17, 15) is 4.79 Å². The van der Waals surface area contributed by atoms with Gasteiger partial charge in [-0.05, 0) is 43.3 Å². The van der Waals surface area contributed by atoms with Crippen molar-refractivity contribution in [1.29, 1.82) is 0 Å². The van der Waals surface area contributed by atoms with Crippen molar-refractivity contribution in [3.05, 3.63) is 29.8 Å². The standard InChI is InChI=1S/C16H26O3Si.CH4/c1-16(2,3)15(17)13-7-9-14(10-8-13)19-11-6-12-20(5)18-4;/h7-10,20H,6,11-12H2,1-5H3;1H4. The monoisotopic (exact) mass is 310 g/mol. The van der Waals surface area contributed by atoms with E-state index in [1.54, 1.807) is 7.11 Å². The Hall–Kier alpha value is -1.13. The minimum atomic E-state index is -0.972. The van der Waals surface area contributed by atoms with Gasteiger partial charge in [0.25, 0.3) is 0 Å². The first-order chi connectivity index (χ1) is 9.34. The van der Waals surface area contributed by atoms with E-state index in [4.69, 9.17) is 9.16 Å². The minimum absolute atomic E-state index is 0. The van der Waals surface area contributed by atoms with Crippen molar-refractivity contribution in [2.24, 2.45) is 5.41 Å². The Morgan fingerprint density at radius 3 is 2.24 bits per heavy atom. The quantitative estimate of drug-likeness (QED) is 0.427. The predicted molar refractivity (Wildman–Crippen MR) is 91.9 cm³/mol. The summed E-state index contributed by atoms with van der Waals surface area (Å²) in [7, 11) is 0.808. The number of benzene rings is 1. The molecule has 4 heteroatoms. The van der Waals surface area contributed by atoms with E-state index in [1.807, 2.05) is 45.0 Å². The summed E-state index contributed by atoms with van der Waals surface area (Å²) in [6.07, 6.45) is 1.02. The smallest absolute Gasteiger partial charge is 0.173 e. The summed E-state index contributed by atoms with van der Waals surface area (Å²) < 4.78 is 11.0. The maximum absolute atomic E-state index is 12.1. The predicted octanol–water partition coefficient (Wildman–Crippen LogP) is 4.32. The van der Waals surface area contributed by atoms with Crippen LogP contribution in [0, 0.1) is 5.41 Å². The minimum Gasteiger partial charge on any atom is -0.494 e. The summed E-state index contributed by atoms with van der Waals surface area (Å²) in [6.45, 7) is 8.68. The van der Waals surface area contributed by atoms with Crippen LogP contribution in [0.3, 0.4) is 0 Å². The molecule has 0 aliphatic heterocycles. The first-order valence-corrected chi connectivity index (χ1v) is 9.59. The summed E-state index contributed by atoms with van der Waals surface area (Å²) in [6, 6.07) is 8.55. The van der Waals surface area contributed by atoms with E-state index in [2.05, 4.69) is 6.55 Å². The summed E-state index contributed by atoms with van der Waals surface area (Å²) in [5, 5.41) is 0. The average molecular weight is 311 g/mol. The lowest BCUT2D eigenvalue weighted by molar-refractivity contribution is 0.0858. The molecule has 0 radical (unpaired) electrons. The summed E-state index contributed by atoms with van der Waals surface area (Å²) >= 11 is 0. The molecular weight excluding hydrogens is 280 g/mol. The third-order valence-electron chi connectivity index (χ3n) is 3.22. The lowest BCUT2D eigenvalue weighted by Gasteiger charge is -2.16. The summed E-state index contributed by atoms with van der Waals surface area (Å²) in [5.74, 6) is 0.978. The van der Waals surface area contributed by atoms with E-state index in [1.165, 1.54) is 0 Å². The van der Waals surface area contributed by atoms with Gasteiger partial charge >= 0.3 is 0 Å². The van der Waals surface area contributed by atoms with Crippen LogP contribution in [0.25, 0.3) is 0 Å². The molecule has 3 nitrogen and oxygen atoms in total. The van der Waals surface area contributed by atoms with E-state index in [-0.39, 0.29) is 18.6 Å². The molecule has 1 atom stereocenters. The van der Waals surface area contributed by atoms with E-state index in [0.29, 0.717) is 6.61 Å². The SMILES string of the molecule is C.CO[SiH](C)CCCOc1ccc(C(=O)C(C)(C)C)cc1. The van der Waals surface area contributed by atoms with Crippen molar-refractivity contribution < 1.29 is 14.0 Å². The van der Waals surface area contributed by atoms with Crippen molar-refractivity contribution >= 4 is 14.8 Å². The van der Waals surface area contributed by atoms with Gasteiger partial charge < -0.3 is 9.16 Å². The number of ketones is 1. The van der Waals surface area contributed by atoms with Crippen LogP contribution < -0.4 is 4.74 Å². The second-order valence-corrected chi connectivity index (χ2v) is 8.81. The molecule has 0 spiro atoms. The van der Waals surface area contributed by atoms with Gasteiger partial charge in [0.15, 0.2) is 14.8 Å². The molecule has 0 fully saturated rings. The molecule has 21 heavy (non-hydrogen) atoms. The third-order valence-corrected chi connectivity index (χ3v) is 5.25. The van der Waals surface area contributed by atoms with Gasteiger partial charge in [-0.2, -0.15) is 0 Å². The van der Waals surface area contributed by atoms with Crippen LogP contribution in [0.15, 0.2) is 24.3 Å². The van der Waals surface area contributed by atoms with Crippen LogP contribution >= 0.6 is 0 Å². The van der Waals surface area contributed by atoms with Gasteiger partial charge in [-0.3, -0.25) is 4.79 Å². The average Bonchev–Trinajstić information content (AvgIpc) is 2.42. The normalized spacial score (nSPS) is 12.4. The maximum Gasteiger partial charge on any atom is 0.173 e. The van der Waals surface area contributed by atoms with Crippen LogP contribution in [0.1, 0.15) is 45.0 Å². The van der Waals surface area contributed by atoms with Crippen LogP contribution in [-0.4, -0.2) is 28.5 Å². The Morgan fingerprint density at radius 2 is 1.76 bits per heavy atom. The fourth-order valence-electron chi connectivity index (χ4n) is 1.81. The van der Waals surface area contributed by atoms with Crippen molar-refractivity contribution in [1.82, 2.24) is 0 Å². The number of carbonyl (C=O) groups is 1. The number of carbonyl (C=O) groups excluding carboxylic acids is 1. The maximum atomic E-state index is 12.1.